The molecule has 8 nitrogen and oxygen atoms in total. The lowest BCUT2D eigenvalue weighted by atomic mass is 9.99. The molecular weight excluding hydrogens is 332 g/mol. The van der Waals surface area contributed by atoms with E-state index in [9.17, 15) is 13.2 Å². The first kappa shape index (κ1) is 16.7. The lowest BCUT2D eigenvalue weighted by Crippen LogP contribution is -2.39. The number of aromatic amines is 1. The van der Waals surface area contributed by atoms with Crippen LogP contribution in [0.4, 0.5) is 0 Å². The Morgan fingerprint density at radius 2 is 2.25 bits per heavy atom. The van der Waals surface area contributed by atoms with Gasteiger partial charge in [0.2, 0.25) is 5.76 Å². The smallest absolute Gasteiger partial charge is 0.293 e. The van der Waals surface area contributed by atoms with E-state index in [2.05, 4.69) is 15.4 Å². The van der Waals surface area contributed by atoms with Gasteiger partial charge in [-0.05, 0) is 25.7 Å². The molecule has 0 aliphatic carbocycles. The molecule has 1 fully saturated rings. The van der Waals surface area contributed by atoms with Crippen molar-refractivity contribution in [3.63, 3.8) is 0 Å². The predicted octanol–water partition coefficient (Wildman–Crippen LogP) is 1.73. The first-order valence-electron chi connectivity index (χ1n) is 7.91. The van der Waals surface area contributed by atoms with E-state index < -0.39 is 9.84 Å². The number of likely N-dealkylation sites (tertiary alicyclic amines) is 1. The first-order chi connectivity index (χ1) is 11.4. The number of piperidine rings is 1. The number of hydrogen-bond acceptors (Lipinski definition) is 6. The van der Waals surface area contributed by atoms with Crippen LogP contribution >= 0.6 is 0 Å². The van der Waals surface area contributed by atoms with Crippen LogP contribution in [-0.2, 0) is 16.3 Å². The number of carbonyl (C=O) groups excluding carboxylic acids is 1. The fourth-order valence-corrected chi connectivity index (χ4v) is 3.84. The minimum absolute atomic E-state index is 0.138. The molecule has 3 heterocycles. The Labute approximate surface area is 140 Å². The zero-order valence-electron chi connectivity index (χ0n) is 13.7. The van der Waals surface area contributed by atoms with Gasteiger partial charge in [0.1, 0.15) is 4.90 Å². The summed E-state index contributed by atoms with van der Waals surface area (Å²) >= 11 is 0. The Kier molecular flexibility index (Phi) is 4.44. The summed E-state index contributed by atoms with van der Waals surface area (Å²) in [5.74, 6) is -0.0971. The van der Waals surface area contributed by atoms with Gasteiger partial charge < -0.3 is 9.42 Å². The van der Waals surface area contributed by atoms with E-state index in [-0.39, 0.29) is 22.6 Å². The van der Waals surface area contributed by atoms with Crippen LogP contribution in [0.25, 0.3) is 0 Å². The Balaban J connectivity index is 1.94. The van der Waals surface area contributed by atoms with Crippen LogP contribution in [0.1, 0.15) is 54.2 Å². The Morgan fingerprint density at radius 3 is 2.92 bits per heavy atom. The maximum absolute atomic E-state index is 12.8. The average molecular weight is 352 g/mol. The minimum Gasteiger partial charge on any atom is -0.351 e. The summed E-state index contributed by atoms with van der Waals surface area (Å²) in [6.45, 7) is 2.46. The largest absolute Gasteiger partial charge is 0.351 e. The van der Waals surface area contributed by atoms with Crippen LogP contribution in [-0.4, -0.2) is 47.4 Å². The summed E-state index contributed by atoms with van der Waals surface area (Å²) in [6.07, 6.45) is 5.56. The zero-order valence-corrected chi connectivity index (χ0v) is 14.5. The molecule has 24 heavy (non-hydrogen) atoms. The van der Waals surface area contributed by atoms with Gasteiger partial charge in [-0.15, -0.1) is 0 Å². The lowest BCUT2D eigenvalue weighted by molar-refractivity contribution is 0.0560. The van der Waals surface area contributed by atoms with E-state index in [1.807, 2.05) is 6.92 Å². The predicted molar refractivity (Wildman–Crippen MR) is 85.2 cm³/mol. The second-order valence-corrected chi connectivity index (χ2v) is 7.95. The molecule has 1 atom stereocenters. The number of nitrogens with one attached hydrogen (secondary N) is 1. The van der Waals surface area contributed by atoms with Crippen LogP contribution in [0.5, 0.6) is 0 Å². The molecule has 1 saturated heterocycles. The van der Waals surface area contributed by atoms with Crippen molar-refractivity contribution in [1.29, 1.82) is 0 Å². The van der Waals surface area contributed by atoms with Crippen LogP contribution in [0, 0.1) is 0 Å². The van der Waals surface area contributed by atoms with Crippen LogP contribution in [0.2, 0.25) is 0 Å². The van der Waals surface area contributed by atoms with Crippen molar-refractivity contribution in [2.45, 2.75) is 43.5 Å². The number of hydrogen-bond donors (Lipinski definition) is 1. The Morgan fingerprint density at radius 1 is 1.46 bits per heavy atom. The van der Waals surface area contributed by atoms with E-state index >= 15 is 0 Å². The number of aromatic nitrogens is 3. The monoisotopic (exact) mass is 352 g/mol. The fourth-order valence-electron chi connectivity index (χ4n) is 3.01. The maximum Gasteiger partial charge on any atom is 0.293 e. The SMILES string of the molecule is CCc1cc(C(=O)N2CCCCC2c2[nH]ncc2S(C)(=O)=O)on1. The number of carbonyl (C=O) groups is 1. The van der Waals surface area contributed by atoms with Gasteiger partial charge in [0.05, 0.1) is 23.6 Å². The molecule has 1 aliphatic rings. The quantitative estimate of drug-likeness (QED) is 0.897. The van der Waals surface area contributed by atoms with Gasteiger partial charge in [0, 0.05) is 18.9 Å². The van der Waals surface area contributed by atoms with E-state index in [1.165, 1.54) is 6.20 Å². The third-order valence-corrected chi connectivity index (χ3v) is 5.38. The molecule has 0 spiro atoms. The second kappa shape index (κ2) is 6.39. The summed E-state index contributed by atoms with van der Waals surface area (Å²) in [7, 11) is -3.42. The summed E-state index contributed by atoms with van der Waals surface area (Å²) in [5, 5.41) is 10.5. The van der Waals surface area contributed by atoms with Crippen molar-refractivity contribution in [3.8, 4) is 0 Å². The second-order valence-electron chi connectivity index (χ2n) is 5.97. The highest BCUT2D eigenvalue weighted by atomic mass is 32.2. The molecular formula is C15H20N4O4S. The Hall–Kier alpha value is -2.16. The summed E-state index contributed by atoms with van der Waals surface area (Å²) in [5.41, 5.74) is 1.17. The summed E-state index contributed by atoms with van der Waals surface area (Å²) in [4.78, 5) is 14.6. The molecule has 1 unspecified atom stereocenters. The van der Waals surface area contributed by atoms with E-state index in [4.69, 9.17) is 4.52 Å². The summed E-state index contributed by atoms with van der Waals surface area (Å²) in [6, 6.07) is 1.27. The van der Waals surface area contributed by atoms with Crippen molar-refractivity contribution in [1.82, 2.24) is 20.3 Å². The van der Waals surface area contributed by atoms with Crippen LogP contribution in [0.3, 0.4) is 0 Å². The third kappa shape index (κ3) is 3.08. The third-order valence-electron chi connectivity index (χ3n) is 4.26. The first-order valence-corrected chi connectivity index (χ1v) is 9.80. The maximum atomic E-state index is 12.8. The van der Waals surface area contributed by atoms with Crippen molar-refractivity contribution in [2.24, 2.45) is 0 Å². The number of rotatable bonds is 4. The van der Waals surface area contributed by atoms with E-state index in [1.54, 1.807) is 11.0 Å². The topological polar surface area (TPSA) is 109 Å². The van der Waals surface area contributed by atoms with Crippen molar-refractivity contribution < 1.29 is 17.7 Å². The zero-order chi connectivity index (χ0) is 17.3. The molecule has 9 heteroatoms. The van der Waals surface area contributed by atoms with Crippen molar-refractivity contribution in [3.05, 3.63) is 29.4 Å². The fraction of sp³-hybridized carbons (Fsp3) is 0.533. The molecule has 2 aromatic heterocycles. The molecule has 3 rings (SSSR count). The van der Waals surface area contributed by atoms with Gasteiger partial charge in [0.25, 0.3) is 5.91 Å². The molecule has 0 saturated carbocycles. The van der Waals surface area contributed by atoms with Crippen LogP contribution in [0.15, 0.2) is 21.7 Å². The molecule has 1 N–H and O–H groups in total. The molecule has 1 amide bonds. The Bertz CT molecular complexity index is 839. The van der Waals surface area contributed by atoms with Gasteiger partial charge in [-0.1, -0.05) is 12.1 Å². The standard InChI is InChI=1S/C15H20N4O4S/c1-3-10-8-12(23-18-10)15(20)19-7-5-4-6-11(19)14-13(9-16-17-14)24(2,21)22/h8-9,11H,3-7H2,1-2H3,(H,16,17). The average Bonchev–Trinajstić information content (AvgIpc) is 3.22. The molecule has 2 aromatic rings. The molecule has 130 valence electrons. The van der Waals surface area contributed by atoms with Crippen molar-refractivity contribution in [2.75, 3.05) is 12.8 Å². The van der Waals surface area contributed by atoms with Gasteiger partial charge in [-0.2, -0.15) is 5.10 Å². The molecule has 0 aromatic carbocycles. The molecule has 1 aliphatic heterocycles. The number of amides is 1. The lowest BCUT2D eigenvalue weighted by Gasteiger charge is -2.34. The number of nitrogens with zero attached hydrogens (tertiary/aromatic N) is 3. The number of H-pyrrole nitrogens is 1. The number of aryl methyl sites for hydroxylation is 1. The molecule has 0 radical (unpaired) electrons. The normalized spacial score (nSPS) is 18.8. The highest BCUT2D eigenvalue weighted by Crippen LogP contribution is 2.34. The minimum atomic E-state index is -3.42. The van der Waals surface area contributed by atoms with Gasteiger partial charge in [0.15, 0.2) is 9.84 Å². The van der Waals surface area contributed by atoms with Gasteiger partial charge in [-0.25, -0.2) is 8.42 Å². The number of sulfone groups is 1. The van der Waals surface area contributed by atoms with E-state index in [0.717, 1.165) is 19.1 Å². The highest BCUT2D eigenvalue weighted by Gasteiger charge is 2.34. The summed E-state index contributed by atoms with van der Waals surface area (Å²) < 4.78 is 29.1. The van der Waals surface area contributed by atoms with Gasteiger partial charge >= 0.3 is 0 Å². The molecule has 0 bridgehead atoms. The van der Waals surface area contributed by atoms with Crippen molar-refractivity contribution >= 4 is 15.7 Å². The van der Waals surface area contributed by atoms with Gasteiger partial charge in [-0.3, -0.25) is 9.89 Å². The van der Waals surface area contributed by atoms with E-state index in [0.29, 0.717) is 30.8 Å². The van der Waals surface area contributed by atoms with Crippen LogP contribution < -0.4 is 0 Å². The highest BCUT2D eigenvalue weighted by molar-refractivity contribution is 7.90.